The van der Waals surface area contributed by atoms with Crippen LogP contribution in [0.1, 0.15) is 11.5 Å². The van der Waals surface area contributed by atoms with E-state index in [4.69, 9.17) is 14.1 Å². The number of methoxy groups -OCH3 is 1. The zero-order valence-electron chi connectivity index (χ0n) is 16.3. The number of rotatable bonds is 6. The Labute approximate surface area is 165 Å². The van der Waals surface area contributed by atoms with Crippen molar-refractivity contribution in [3.05, 3.63) is 60.2 Å². The molecule has 0 amide bonds. The Morgan fingerprint density at radius 1 is 1.04 bits per heavy atom. The number of nitrogens with one attached hydrogen (secondary N) is 1. The van der Waals surface area contributed by atoms with Crippen molar-refractivity contribution in [3.8, 4) is 5.75 Å². The van der Waals surface area contributed by atoms with Crippen LogP contribution in [0.15, 0.2) is 53.1 Å². The minimum absolute atomic E-state index is 0.571. The molecule has 0 aliphatic carbocycles. The Morgan fingerprint density at radius 3 is 2.46 bits per heavy atom. The summed E-state index contributed by atoms with van der Waals surface area (Å²) in [5, 5.41) is 3.25. The van der Waals surface area contributed by atoms with Crippen molar-refractivity contribution in [2.45, 2.75) is 13.5 Å². The summed E-state index contributed by atoms with van der Waals surface area (Å²) in [6, 6.07) is 14.1. The normalized spacial score (nSPS) is 14.2. The van der Waals surface area contributed by atoms with Gasteiger partial charge in [0, 0.05) is 43.6 Å². The summed E-state index contributed by atoms with van der Waals surface area (Å²) >= 11 is 0. The standard InChI is InChI=1S/C21H25N5O2/c1-16-14-20(24-21(23-16)22-15-19-4-3-13-28-19)26-11-9-25(10-12-26)17-5-7-18(27-2)8-6-17/h3-8,13-14H,9-12,15H2,1-2H3,(H,22,23,24). The maximum Gasteiger partial charge on any atom is 0.225 e. The highest BCUT2D eigenvalue weighted by Crippen LogP contribution is 2.23. The van der Waals surface area contributed by atoms with E-state index in [9.17, 15) is 0 Å². The predicted molar refractivity (Wildman–Crippen MR) is 110 cm³/mol. The molecule has 0 spiro atoms. The molecule has 1 aromatic carbocycles. The third-order valence-corrected chi connectivity index (χ3v) is 4.88. The molecule has 1 saturated heterocycles. The number of hydrogen-bond donors (Lipinski definition) is 1. The van der Waals surface area contributed by atoms with Crippen molar-refractivity contribution in [2.24, 2.45) is 0 Å². The second-order valence-corrected chi connectivity index (χ2v) is 6.80. The molecule has 2 aromatic heterocycles. The highest BCUT2D eigenvalue weighted by atomic mass is 16.5. The van der Waals surface area contributed by atoms with Gasteiger partial charge in [-0.2, -0.15) is 4.98 Å². The smallest absolute Gasteiger partial charge is 0.225 e. The van der Waals surface area contributed by atoms with Gasteiger partial charge in [0.05, 0.1) is 19.9 Å². The van der Waals surface area contributed by atoms with Crippen molar-refractivity contribution >= 4 is 17.5 Å². The van der Waals surface area contributed by atoms with Crippen molar-refractivity contribution in [1.82, 2.24) is 9.97 Å². The molecule has 3 heterocycles. The van der Waals surface area contributed by atoms with Crippen LogP contribution < -0.4 is 19.9 Å². The Kier molecular flexibility index (Phi) is 5.32. The zero-order valence-corrected chi connectivity index (χ0v) is 16.3. The first kappa shape index (κ1) is 18.2. The van der Waals surface area contributed by atoms with Gasteiger partial charge in [-0.3, -0.25) is 0 Å². The molecule has 0 bridgehead atoms. The van der Waals surface area contributed by atoms with Crippen molar-refractivity contribution in [1.29, 1.82) is 0 Å². The molecular formula is C21H25N5O2. The van der Waals surface area contributed by atoms with E-state index in [1.54, 1.807) is 13.4 Å². The van der Waals surface area contributed by atoms with Gasteiger partial charge in [0.15, 0.2) is 0 Å². The SMILES string of the molecule is COc1ccc(N2CCN(c3cc(C)nc(NCc4ccco4)n3)CC2)cc1. The number of aromatic nitrogens is 2. The molecule has 4 rings (SSSR count). The summed E-state index contributed by atoms with van der Waals surface area (Å²) in [4.78, 5) is 13.9. The Hall–Kier alpha value is -3.22. The number of hydrogen-bond acceptors (Lipinski definition) is 7. The molecule has 7 heteroatoms. The fraction of sp³-hybridized carbons (Fsp3) is 0.333. The molecule has 0 radical (unpaired) electrons. The maximum atomic E-state index is 5.36. The summed E-state index contributed by atoms with van der Waals surface area (Å²) in [6.45, 7) is 6.30. The lowest BCUT2D eigenvalue weighted by Gasteiger charge is -2.36. The summed E-state index contributed by atoms with van der Waals surface area (Å²) in [7, 11) is 1.69. The zero-order chi connectivity index (χ0) is 19.3. The fourth-order valence-electron chi connectivity index (χ4n) is 3.36. The topological polar surface area (TPSA) is 66.7 Å². The van der Waals surface area contributed by atoms with E-state index in [1.807, 2.05) is 37.3 Å². The van der Waals surface area contributed by atoms with Gasteiger partial charge in [-0.15, -0.1) is 0 Å². The largest absolute Gasteiger partial charge is 0.497 e. The van der Waals surface area contributed by atoms with Crippen LogP contribution in [0.5, 0.6) is 5.75 Å². The minimum Gasteiger partial charge on any atom is -0.497 e. The molecule has 28 heavy (non-hydrogen) atoms. The van der Waals surface area contributed by atoms with Crippen LogP contribution in [0.4, 0.5) is 17.5 Å². The first-order chi connectivity index (χ1) is 13.7. The van der Waals surface area contributed by atoms with E-state index < -0.39 is 0 Å². The monoisotopic (exact) mass is 379 g/mol. The van der Waals surface area contributed by atoms with Crippen LogP contribution in [0, 0.1) is 6.92 Å². The van der Waals surface area contributed by atoms with E-state index in [0.717, 1.165) is 49.2 Å². The Bertz CT molecular complexity index is 888. The van der Waals surface area contributed by atoms with Gasteiger partial charge in [-0.05, 0) is 43.3 Å². The van der Waals surface area contributed by atoms with E-state index in [-0.39, 0.29) is 0 Å². The second-order valence-electron chi connectivity index (χ2n) is 6.80. The number of piperazine rings is 1. The second kappa shape index (κ2) is 8.21. The number of ether oxygens (including phenoxy) is 1. The molecule has 1 N–H and O–H groups in total. The number of nitrogens with zero attached hydrogens (tertiary/aromatic N) is 4. The molecule has 1 aliphatic rings. The van der Waals surface area contributed by atoms with Gasteiger partial charge in [-0.25, -0.2) is 4.98 Å². The van der Waals surface area contributed by atoms with Crippen LogP contribution in [0.3, 0.4) is 0 Å². The first-order valence-electron chi connectivity index (χ1n) is 9.47. The fourth-order valence-corrected chi connectivity index (χ4v) is 3.36. The van der Waals surface area contributed by atoms with Gasteiger partial charge < -0.3 is 24.3 Å². The molecular weight excluding hydrogens is 354 g/mol. The van der Waals surface area contributed by atoms with Gasteiger partial charge in [-0.1, -0.05) is 0 Å². The molecule has 0 atom stereocenters. The number of aryl methyl sites for hydroxylation is 1. The van der Waals surface area contributed by atoms with E-state index in [1.165, 1.54) is 5.69 Å². The van der Waals surface area contributed by atoms with E-state index in [0.29, 0.717) is 12.5 Å². The van der Waals surface area contributed by atoms with E-state index in [2.05, 4.69) is 32.2 Å². The van der Waals surface area contributed by atoms with Crippen LogP contribution in [0.25, 0.3) is 0 Å². The highest BCUT2D eigenvalue weighted by molar-refractivity contribution is 5.52. The van der Waals surface area contributed by atoms with Crippen LogP contribution in [-0.2, 0) is 6.54 Å². The summed E-state index contributed by atoms with van der Waals surface area (Å²) in [5.41, 5.74) is 2.17. The minimum atomic E-state index is 0.571. The van der Waals surface area contributed by atoms with Crippen LogP contribution in [0.2, 0.25) is 0 Å². The average Bonchev–Trinajstić information content (AvgIpc) is 3.26. The summed E-state index contributed by atoms with van der Waals surface area (Å²) in [6.07, 6.45) is 1.67. The quantitative estimate of drug-likeness (QED) is 0.705. The molecule has 1 aliphatic heterocycles. The summed E-state index contributed by atoms with van der Waals surface area (Å²) in [5.74, 6) is 3.33. The Balaban J connectivity index is 1.39. The lowest BCUT2D eigenvalue weighted by molar-refractivity contribution is 0.415. The molecule has 1 fully saturated rings. The molecule has 3 aromatic rings. The van der Waals surface area contributed by atoms with Crippen LogP contribution in [-0.4, -0.2) is 43.3 Å². The lowest BCUT2D eigenvalue weighted by atomic mass is 10.2. The number of furan rings is 1. The third kappa shape index (κ3) is 4.19. The molecule has 0 unspecified atom stereocenters. The van der Waals surface area contributed by atoms with E-state index >= 15 is 0 Å². The predicted octanol–water partition coefficient (Wildman–Crippen LogP) is 3.33. The number of anilines is 3. The van der Waals surface area contributed by atoms with Crippen LogP contribution >= 0.6 is 0 Å². The third-order valence-electron chi connectivity index (χ3n) is 4.88. The van der Waals surface area contributed by atoms with Crippen molar-refractivity contribution in [3.63, 3.8) is 0 Å². The van der Waals surface area contributed by atoms with Gasteiger partial charge >= 0.3 is 0 Å². The van der Waals surface area contributed by atoms with Gasteiger partial charge in [0.2, 0.25) is 5.95 Å². The van der Waals surface area contributed by atoms with Gasteiger partial charge in [0.1, 0.15) is 17.3 Å². The average molecular weight is 379 g/mol. The summed E-state index contributed by atoms with van der Waals surface area (Å²) < 4.78 is 10.6. The Morgan fingerprint density at radius 2 is 1.79 bits per heavy atom. The molecule has 7 nitrogen and oxygen atoms in total. The van der Waals surface area contributed by atoms with Crippen molar-refractivity contribution in [2.75, 3.05) is 48.4 Å². The van der Waals surface area contributed by atoms with Crippen molar-refractivity contribution < 1.29 is 9.15 Å². The lowest BCUT2D eigenvalue weighted by Crippen LogP contribution is -2.46. The first-order valence-corrected chi connectivity index (χ1v) is 9.47. The molecule has 146 valence electrons. The molecule has 0 saturated carbocycles. The maximum absolute atomic E-state index is 5.36. The number of benzene rings is 1. The highest BCUT2D eigenvalue weighted by Gasteiger charge is 2.19. The van der Waals surface area contributed by atoms with Gasteiger partial charge in [0.25, 0.3) is 0 Å².